The molecule has 2 aromatic carbocycles. The highest BCUT2D eigenvalue weighted by Gasteiger charge is 2.17. The average Bonchev–Trinajstić information content (AvgIpc) is 3.14. The Morgan fingerprint density at radius 2 is 1.73 bits per heavy atom. The van der Waals surface area contributed by atoms with Crippen molar-refractivity contribution >= 4 is 17.7 Å². The van der Waals surface area contributed by atoms with Crippen LogP contribution in [0.3, 0.4) is 0 Å². The molecule has 8 heteroatoms. The van der Waals surface area contributed by atoms with Crippen LogP contribution in [0.25, 0.3) is 5.69 Å². The molecule has 1 N–H and O–H groups in total. The number of nitrogens with one attached hydrogen (secondary N) is 1. The van der Waals surface area contributed by atoms with Gasteiger partial charge in [0.15, 0.2) is 5.75 Å². The molecule has 0 bridgehead atoms. The number of rotatable bonds is 8. The molecule has 1 heterocycles. The molecular formula is C22H24ClN3O4. The minimum absolute atomic E-state index is 0.195. The van der Waals surface area contributed by atoms with Crippen LogP contribution in [0.1, 0.15) is 24.6 Å². The zero-order valence-electron chi connectivity index (χ0n) is 17.1. The van der Waals surface area contributed by atoms with Gasteiger partial charge in [0, 0.05) is 5.02 Å². The minimum Gasteiger partial charge on any atom is -0.496 e. The normalized spacial score (nSPS) is 10.5. The Kier molecular flexibility index (Phi) is 7.19. The van der Waals surface area contributed by atoms with Crippen LogP contribution < -0.4 is 19.5 Å². The zero-order valence-corrected chi connectivity index (χ0v) is 17.9. The van der Waals surface area contributed by atoms with Gasteiger partial charge in [-0.3, -0.25) is 0 Å². The third-order valence-electron chi connectivity index (χ3n) is 4.53. The lowest BCUT2D eigenvalue weighted by atomic mass is 10.1. The number of methoxy groups -OCH3 is 2. The van der Waals surface area contributed by atoms with Crippen LogP contribution in [0, 0.1) is 0 Å². The third kappa shape index (κ3) is 4.86. The van der Waals surface area contributed by atoms with Crippen LogP contribution >= 0.6 is 11.6 Å². The third-order valence-corrected chi connectivity index (χ3v) is 4.78. The monoisotopic (exact) mass is 429 g/mol. The fraction of sp³-hybridized carbons (Fsp3) is 0.273. The molecule has 0 spiro atoms. The average molecular weight is 430 g/mol. The lowest BCUT2D eigenvalue weighted by Crippen LogP contribution is -2.27. The smallest absolute Gasteiger partial charge is 0.412 e. The van der Waals surface area contributed by atoms with Crippen molar-refractivity contribution in [2.75, 3.05) is 14.2 Å². The van der Waals surface area contributed by atoms with Gasteiger partial charge in [-0.15, -0.1) is 0 Å². The molecule has 3 rings (SSSR count). The van der Waals surface area contributed by atoms with E-state index in [0.717, 1.165) is 23.4 Å². The van der Waals surface area contributed by atoms with Crippen molar-refractivity contribution in [2.45, 2.75) is 26.3 Å². The Labute approximate surface area is 180 Å². The van der Waals surface area contributed by atoms with Gasteiger partial charge >= 0.3 is 6.09 Å². The highest BCUT2D eigenvalue weighted by atomic mass is 35.5. The van der Waals surface area contributed by atoms with E-state index in [1.165, 1.54) is 0 Å². The number of hydrogen-bond donors (Lipinski definition) is 1. The zero-order chi connectivity index (χ0) is 21.5. The number of benzene rings is 2. The molecule has 0 unspecified atom stereocenters. The number of nitrogens with zero attached hydrogens (tertiary/aromatic N) is 2. The maximum atomic E-state index is 12.5. The molecule has 0 aliphatic carbocycles. The Morgan fingerprint density at radius 1 is 1.07 bits per heavy atom. The second kappa shape index (κ2) is 10.0. The molecule has 0 fully saturated rings. The molecule has 7 nitrogen and oxygen atoms in total. The molecule has 158 valence electrons. The number of aromatic nitrogens is 2. The number of hydrogen-bond acceptors (Lipinski definition) is 5. The molecule has 0 aliphatic rings. The highest BCUT2D eigenvalue weighted by Crippen LogP contribution is 2.28. The van der Waals surface area contributed by atoms with Crippen molar-refractivity contribution in [1.82, 2.24) is 15.1 Å². The Morgan fingerprint density at radius 3 is 2.33 bits per heavy atom. The first-order chi connectivity index (χ1) is 14.6. The quantitative estimate of drug-likeness (QED) is 0.557. The summed E-state index contributed by atoms with van der Waals surface area (Å²) in [6.45, 7) is 2.25. The highest BCUT2D eigenvalue weighted by molar-refractivity contribution is 6.30. The van der Waals surface area contributed by atoms with E-state index in [9.17, 15) is 4.79 Å². The van der Waals surface area contributed by atoms with E-state index in [2.05, 4.69) is 17.3 Å². The molecule has 30 heavy (non-hydrogen) atoms. The predicted octanol–water partition coefficient (Wildman–Crippen LogP) is 4.78. The molecule has 0 aliphatic heterocycles. The van der Waals surface area contributed by atoms with Gasteiger partial charge in [0.2, 0.25) is 0 Å². The number of carbonyl (C=O) groups excluding carboxylic acids is 1. The lowest BCUT2D eigenvalue weighted by molar-refractivity contribution is 0.199. The van der Waals surface area contributed by atoms with E-state index in [0.29, 0.717) is 28.7 Å². The molecule has 3 aromatic rings. The van der Waals surface area contributed by atoms with E-state index in [-0.39, 0.29) is 6.54 Å². The maximum Gasteiger partial charge on any atom is 0.412 e. The summed E-state index contributed by atoms with van der Waals surface area (Å²) in [6, 6.07) is 12.8. The summed E-state index contributed by atoms with van der Waals surface area (Å²) < 4.78 is 18.0. The van der Waals surface area contributed by atoms with Crippen LogP contribution in [-0.2, 0) is 13.0 Å². The minimum atomic E-state index is -0.587. The first-order valence-electron chi connectivity index (χ1n) is 9.55. The van der Waals surface area contributed by atoms with E-state index in [4.69, 9.17) is 25.8 Å². The van der Waals surface area contributed by atoms with Gasteiger partial charge in [0.25, 0.3) is 0 Å². The molecule has 0 saturated heterocycles. The van der Waals surface area contributed by atoms with Gasteiger partial charge in [0.05, 0.1) is 43.9 Å². The van der Waals surface area contributed by atoms with Crippen LogP contribution in [0.4, 0.5) is 4.79 Å². The second-order valence-electron chi connectivity index (χ2n) is 6.48. The van der Waals surface area contributed by atoms with Crippen LogP contribution in [-0.4, -0.2) is 30.1 Å². The molecule has 1 aromatic heterocycles. The first-order valence-corrected chi connectivity index (χ1v) is 9.93. The number of halogens is 1. The summed E-state index contributed by atoms with van der Waals surface area (Å²) in [5.74, 6) is 1.66. The summed E-state index contributed by atoms with van der Waals surface area (Å²) in [7, 11) is 3.14. The van der Waals surface area contributed by atoms with Gasteiger partial charge in [-0.2, -0.15) is 5.10 Å². The van der Waals surface area contributed by atoms with E-state index >= 15 is 0 Å². The maximum absolute atomic E-state index is 12.5. The predicted molar refractivity (Wildman–Crippen MR) is 115 cm³/mol. The topological polar surface area (TPSA) is 74.6 Å². The summed E-state index contributed by atoms with van der Waals surface area (Å²) in [5, 5.41) is 7.78. The van der Waals surface area contributed by atoms with Crippen molar-refractivity contribution in [3.8, 4) is 22.9 Å². The SMILES string of the molecule is CCCc1c(OC(=O)NCc2c(OC)cccc2OC)cnn1-c1ccc(Cl)cc1. The summed E-state index contributed by atoms with van der Waals surface area (Å²) in [5.41, 5.74) is 2.38. The van der Waals surface area contributed by atoms with Gasteiger partial charge in [0.1, 0.15) is 11.5 Å². The Hall–Kier alpha value is -3.19. The van der Waals surface area contributed by atoms with Crippen LogP contribution in [0.5, 0.6) is 17.2 Å². The molecule has 1 amide bonds. The fourth-order valence-electron chi connectivity index (χ4n) is 3.11. The Bertz CT molecular complexity index is 980. The van der Waals surface area contributed by atoms with E-state index in [1.54, 1.807) is 49.4 Å². The summed E-state index contributed by atoms with van der Waals surface area (Å²) in [6.07, 6.45) is 2.53. The van der Waals surface area contributed by atoms with Crippen LogP contribution in [0.15, 0.2) is 48.7 Å². The Balaban J connectivity index is 1.75. The standard InChI is InChI=1S/C22H24ClN3O4/c1-4-6-18-21(14-25-26(18)16-11-9-15(23)10-12-16)30-22(27)24-13-17-19(28-2)7-5-8-20(17)29-3/h5,7-12,14H,4,6,13H2,1-3H3,(H,24,27). The summed E-state index contributed by atoms with van der Waals surface area (Å²) >= 11 is 5.98. The van der Waals surface area contributed by atoms with Crippen molar-refractivity contribution in [1.29, 1.82) is 0 Å². The van der Waals surface area contributed by atoms with Gasteiger partial charge in [-0.25, -0.2) is 9.48 Å². The largest absolute Gasteiger partial charge is 0.496 e. The molecule has 0 radical (unpaired) electrons. The first kappa shape index (κ1) is 21.5. The van der Waals surface area contributed by atoms with Crippen molar-refractivity contribution in [3.63, 3.8) is 0 Å². The van der Waals surface area contributed by atoms with Gasteiger partial charge in [-0.1, -0.05) is 31.0 Å². The van der Waals surface area contributed by atoms with Crippen molar-refractivity contribution in [3.05, 3.63) is 64.9 Å². The number of amides is 1. The van der Waals surface area contributed by atoms with E-state index < -0.39 is 6.09 Å². The number of carbonyl (C=O) groups is 1. The molecule has 0 saturated carbocycles. The van der Waals surface area contributed by atoms with Gasteiger partial charge < -0.3 is 19.5 Å². The number of ether oxygens (including phenoxy) is 3. The molecule has 0 atom stereocenters. The van der Waals surface area contributed by atoms with Crippen molar-refractivity contribution in [2.24, 2.45) is 0 Å². The lowest BCUT2D eigenvalue weighted by Gasteiger charge is -2.14. The van der Waals surface area contributed by atoms with Crippen molar-refractivity contribution < 1.29 is 19.0 Å². The molecular weight excluding hydrogens is 406 g/mol. The second-order valence-corrected chi connectivity index (χ2v) is 6.91. The van der Waals surface area contributed by atoms with E-state index in [1.807, 2.05) is 18.2 Å². The van der Waals surface area contributed by atoms with Gasteiger partial charge in [-0.05, 0) is 42.8 Å². The van der Waals surface area contributed by atoms with Crippen LogP contribution in [0.2, 0.25) is 5.02 Å². The fourth-order valence-corrected chi connectivity index (χ4v) is 3.24. The summed E-state index contributed by atoms with van der Waals surface area (Å²) in [4.78, 5) is 12.5.